The lowest BCUT2D eigenvalue weighted by atomic mass is 10.2. The maximum absolute atomic E-state index is 12.0. The van der Waals surface area contributed by atoms with E-state index in [-0.39, 0.29) is 5.70 Å². The third-order valence-electron chi connectivity index (χ3n) is 3.24. The van der Waals surface area contributed by atoms with Crippen LogP contribution in [0.4, 0.5) is 0 Å². The van der Waals surface area contributed by atoms with Crippen LogP contribution >= 0.6 is 22.6 Å². The fraction of sp³-hybridized carbons (Fsp3) is 0.0526. The third-order valence-corrected chi connectivity index (χ3v) is 3.96. The van der Waals surface area contributed by atoms with Crippen molar-refractivity contribution in [3.8, 4) is 5.75 Å². The van der Waals surface area contributed by atoms with Crippen molar-refractivity contribution in [2.75, 3.05) is 6.61 Å². The normalized spacial score (nSPS) is 15.1. The van der Waals surface area contributed by atoms with Gasteiger partial charge in [0.05, 0.1) is 0 Å². The number of esters is 1. The molecule has 120 valence electrons. The molecule has 24 heavy (non-hydrogen) atoms. The Kier molecular flexibility index (Phi) is 5.10. The van der Waals surface area contributed by atoms with Gasteiger partial charge < -0.3 is 9.47 Å². The fourth-order valence-corrected chi connectivity index (χ4v) is 2.49. The molecule has 4 nitrogen and oxygen atoms in total. The predicted molar refractivity (Wildman–Crippen MR) is 102 cm³/mol. The second-order valence-electron chi connectivity index (χ2n) is 5.02. The summed E-state index contributed by atoms with van der Waals surface area (Å²) in [5.41, 5.74) is 1.86. The Morgan fingerprint density at radius 1 is 1.21 bits per heavy atom. The smallest absolute Gasteiger partial charge is 0.363 e. The van der Waals surface area contributed by atoms with Gasteiger partial charge in [0.25, 0.3) is 0 Å². The molecule has 1 heterocycles. The number of carbonyl (C=O) groups excluding carboxylic acids is 1. The summed E-state index contributed by atoms with van der Waals surface area (Å²) in [6.07, 6.45) is 3.36. The van der Waals surface area contributed by atoms with Gasteiger partial charge in [0, 0.05) is 9.13 Å². The maximum atomic E-state index is 12.0. The number of hydrogen-bond donors (Lipinski definition) is 0. The van der Waals surface area contributed by atoms with E-state index in [2.05, 4.69) is 34.2 Å². The lowest BCUT2D eigenvalue weighted by Crippen LogP contribution is -2.05. The largest absolute Gasteiger partial charge is 0.490 e. The minimum atomic E-state index is -0.457. The number of rotatable bonds is 5. The molecule has 5 heteroatoms. The fourth-order valence-electron chi connectivity index (χ4n) is 2.13. The monoisotopic (exact) mass is 431 g/mol. The van der Waals surface area contributed by atoms with Crippen LogP contribution in [0.2, 0.25) is 0 Å². The van der Waals surface area contributed by atoms with Gasteiger partial charge in [-0.2, -0.15) is 0 Å². The molecule has 0 fully saturated rings. The zero-order chi connectivity index (χ0) is 16.9. The minimum absolute atomic E-state index is 0.268. The summed E-state index contributed by atoms with van der Waals surface area (Å²) in [5.74, 6) is 0.570. The summed E-state index contributed by atoms with van der Waals surface area (Å²) in [5, 5.41) is 0. The van der Waals surface area contributed by atoms with Crippen LogP contribution in [0.1, 0.15) is 11.1 Å². The van der Waals surface area contributed by atoms with Crippen LogP contribution in [0.3, 0.4) is 0 Å². The Bertz CT molecular complexity index is 838. The molecule has 0 aromatic heterocycles. The standard InChI is InChI=1S/C19H14INO3/c1-2-10-23-16-5-3-4-13(11-16)12-17-19(22)24-18(21-17)14-6-8-15(20)9-7-14/h2-9,11-12H,1,10H2/b17-12-. The SMILES string of the molecule is C=CCOc1cccc(/C=C2\N=C(c3ccc(I)cc3)OC2=O)c1. The molecule has 0 saturated heterocycles. The highest BCUT2D eigenvalue weighted by molar-refractivity contribution is 14.1. The van der Waals surface area contributed by atoms with Crippen molar-refractivity contribution in [1.82, 2.24) is 0 Å². The van der Waals surface area contributed by atoms with Crippen molar-refractivity contribution >= 4 is 40.5 Å². The van der Waals surface area contributed by atoms with Crippen molar-refractivity contribution in [3.05, 3.63) is 81.6 Å². The Labute approximate surface area is 153 Å². The quantitative estimate of drug-likeness (QED) is 0.309. The van der Waals surface area contributed by atoms with Crippen LogP contribution < -0.4 is 4.74 Å². The van der Waals surface area contributed by atoms with E-state index in [1.807, 2.05) is 48.5 Å². The second kappa shape index (κ2) is 7.44. The molecule has 0 bridgehead atoms. The zero-order valence-corrected chi connectivity index (χ0v) is 14.9. The van der Waals surface area contributed by atoms with Gasteiger partial charge in [0.1, 0.15) is 12.4 Å². The molecule has 2 aromatic rings. The minimum Gasteiger partial charge on any atom is -0.490 e. The molecule has 2 aromatic carbocycles. The molecule has 0 amide bonds. The Morgan fingerprint density at radius 3 is 2.75 bits per heavy atom. The number of nitrogens with zero attached hydrogens (tertiary/aromatic N) is 1. The van der Waals surface area contributed by atoms with Gasteiger partial charge in [-0.15, -0.1) is 0 Å². The molecule has 0 unspecified atom stereocenters. The second-order valence-corrected chi connectivity index (χ2v) is 6.26. The Balaban J connectivity index is 1.85. The van der Waals surface area contributed by atoms with Gasteiger partial charge in [-0.3, -0.25) is 0 Å². The van der Waals surface area contributed by atoms with Gasteiger partial charge in [-0.25, -0.2) is 9.79 Å². The van der Waals surface area contributed by atoms with Crippen LogP contribution in [-0.2, 0) is 9.53 Å². The molecule has 0 saturated carbocycles. The molecular weight excluding hydrogens is 417 g/mol. The van der Waals surface area contributed by atoms with Crippen LogP contribution in [0.15, 0.2) is 71.9 Å². The maximum Gasteiger partial charge on any atom is 0.363 e. The average Bonchev–Trinajstić information content (AvgIpc) is 2.95. The van der Waals surface area contributed by atoms with Gasteiger partial charge in [-0.1, -0.05) is 24.8 Å². The van der Waals surface area contributed by atoms with E-state index in [0.717, 1.165) is 14.7 Å². The lowest BCUT2D eigenvalue weighted by Gasteiger charge is -2.03. The molecule has 1 aliphatic heterocycles. The highest BCUT2D eigenvalue weighted by Gasteiger charge is 2.24. The first-order valence-corrected chi connectivity index (χ1v) is 8.36. The number of halogens is 1. The first-order valence-electron chi connectivity index (χ1n) is 7.28. The summed E-state index contributed by atoms with van der Waals surface area (Å²) in [6, 6.07) is 15.0. The van der Waals surface area contributed by atoms with Crippen molar-refractivity contribution in [1.29, 1.82) is 0 Å². The average molecular weight is 431 g/mol. The van der Waals surface area contributed by atoms with Crippen molar-refractivity contribution < 1.29 is 14.3 Å². The van der Waals surface area contributed by atoms with Gasteiger partial charge in [0.15, 0.2) is 5.70 Å². The number of ether oxygens (including phenoxy) is 2. The van der Waals surface area contributed by atoms with Gasteiger partial charge in [0.2, 0.25) is 5.90 Å². The van der Waals surface area contributed by atoms with E-state index in [0.29, 0.717) is 18.3 Å². The number of cyclic esters (lactones) is 1. The van der Waals surface area contributed by atoms with E-state index >= 15 is 0 Å². The first-order chi connectivity index (χ1) is 11.7. The highest BCUT2D eigenvalue weighted by Crippen LogP contribution is 2.21. The molecule has 1 aliphatic rings. The van der Waals surface area contributed by atoms with Crippen LogP contribution in [0, 0.1) is 3.57 Å². The first kappa shape index (κ1) is 16.4. The van der Waals surface area contributed by atoms with E-state index in [1.54, 1.807) is 12.2 Å². The molecular formula is C19H14INO3. The molecule has 0 radical (unpaired) electrons. The molecule has 0 atom stereocenters. The van der Waals surface area contributed by atoms with Crippen LogP contribution in [-0.4, -0.2) is 18.5 Å². The molecule has 3 rings (SSSR count). The predicted octanol–water partition coefficient (Wildman–Crippen LogP) is 4.20. The summed E-state index contributed by atoms with van der Waals surface area (Å²) in [6.45, 7) is 4.05. The van der Waals surface area contributed by atoms with E-state index < -0.39 is 5.97 Å². The molecule has 0 spiro atoms. The van der Waals surface area contributed by atoms with Gasteiger partial charge >= 0.3 is 5.97 Å². The Hall–Kier alpha value is -2.41. The highest BCUT2D eigenvalue weighted by atomic mass is 127. The summed E-state index contributed by atoms with van der Waals surface area (Å²) in [7, 11) is 0. The van der Waals surface area contributed by atoms with E-state index in [1.165, 1.54) is 0 Å². The third kappa shape index (κ3) is 3.91. The van der Waals surface area contributed by atoms with E-state index in [4.69, 9.17) is 9.47 Å². The number of aliphatic imine (C=N–C) groups is 1. The topological polar surface area (TPSA) is 47.9 Å². The zero-order valence-electron chi connectivity index (χ0n) is 12.7. The van der Waals surface area contributed by atoms with Crippen molar-refractivity contribution in [2.24, 2.45) is 4.99 Å². The summed E-state index contributed by atoms with van der Waals surface area (Å²) >= 11 is 2.22. The number of carbonyl (C=O) groups is 1. The Morgan fingerprint density at radius 2 is 2.00 bits per heavy atom. The summed E-state index contributed by atoms with van der Waals surface area (Å²) < 4.78 is 11.9. The van der Waals surface area contributed by atoms with Gasteiger partial charge in [-0.05, 0) is 70.6 Å². The van der Waals surface area contributed by atoms with Crippen molar-refractivity contribution in [3.63, 3.8) is 0 Å². The van der Waals surface area contributed by atoms with Crippen LogP contribution in [0.5, 0.6) is 5.75 Å². The van der Waals surface area contributed by atoms with Crippen molar-refractivity contribution in [2.45, 2.75) is 0 Å². The summed E-state index contributed by atoms with van der Waals surface area (Å²) in [4.78, 5) is 16.3. The molecule has 0 N–H and O–H groups in total. The van der Waals surface area contributed by atoms with E-state index in [9.17, 15) is 4.79 Å². The van der Waals surface area contributed by atoms with Crippen LogP contribution in [0.25, 0.3) is 6.08 Å². The lowest BCUT2D eigenvalue weighted by molar-refractivity contribution is -0.129. The number of benzene rings is 2. The number of hydrogen-bond acceptors (Lipinski definition) is 4. The molecule has 0 aliphatic carbocycles.